The van der Waals surface area contributed by atoms with Gasteiger partial charge in [0.25, 0.3) is 0 Å². The van der Waals surface area contributed by atoms with E-state index in [0.29, 0.717) is 31.5 Å². The van der Waals surface area contributed by atoms with Crippen LogP contribution in [0.2, 0.25) is 0 Å². The summed E-state index contributed by atoms with van der Waals surface area (Å²) in [6, 6.07) is 5.05. The number of halogens is 3. The highest BCUT2D eigenvalue weighted by Crippen LogP contribution is 2.29. The zero-order valence-corrected chi connectivity index (χ0v) is 14.4. The van der Waals surface area contributed by atoms with Crippen LogP contribution in [-0.2, 0) is 17.4 Å². The SMILES string of the molecule is CCCN1C(=O)CCCN1CCC(O)Cc1cccc(C(F)(F)F)c1. The van der Waals surface area contributed by atoms with E-state index in [1.54, 1.807) is 11.1 Å². The first-order valence-corrected chi connectivity index (χ1v) is 8.70. The second-order valence-corrected chi connectivity index (χ2v) is 6.42. The summed E-state index contributed by atoms with van der Waals surface area (Å²) in [7, 11) is 0. The zero-order valence-electron chi connectivity index (χ0n) is 14.4. The molecule has 4 nitrogen and oxygen atoms in total. The largest absolute Gasteiger partial charge is 0.416 e. The normalized spacial score (nSPS) is 17.8. The fourth-order valence-electron chi connectivity index (χ4n) is 3.08. The summed E-state index contributed by atoms with van der Waals surface area (Å²) < 4.78 is 38.2. The average Bonchev–Trinajstić information content (AvgIpc) is 2.55. The quantitative estimate of drug-likeness (QED) is 0.814. The van der Waals surface area contributed by atoms with E-state index in [2.05, 4.69) is 0 Å². The Morgan fingerprint density at radius 3 is 2.72 bits per heavy atom. The van der Waals surface area contributed by atoms with Crippen molar-refractivity contribution < 1.29 is 23.1 Å². The number of hydrazine groups is 1. The van der Waals surface area contributed by atoms with Gasteiger partial charge < -0.3 is 5.11 Å². The molecule has 1 atom stereocenters. The molecule has 1 amide bonds. The van der Waals surface area contributed by atoms with Crippen LogP contribution in [0.15, 0.2) is 24.3 Å². The number of aliphatic hydroxyl groups excluding tert-OH is 1. The molecule has 0 saturated carbocycles. The lowest BCUT2D eigenvalue weighted by Gasteiger charge is -2.38. The monoisotopic (exact) mass is 358 g/mol. The topological polar surface area (TPSA) is 43.8 Å². The third kappa shape index (κ3) is 5.71. The Balaban J connectivity index is 1.90. The summed E-state index contributed by atoms with van der Waals surface area (Å²) in [5.41, 5.74) is -0.240. The zero-order chi connectivity index (χ0) is 18.4. The van der Waals surface area contributed by atoms with Crippen molar-refractivity contribution in [1.82, 2.24) is 10.0 Å². The van der Waals surface area contributed by atoms with Gasteiger partial charge in [0.2, 0.25) is 5.91 Å². The van der Waals surface area contributed by atoms with Crippen molar-refractivity contribution in [2.45, 2.75) is 51.3 Å². The van der Waals surface area contributed by atoms with E-state index in [1.165, 1.54) is 6.07 Å². The minimum atomic E-state index is -4.38. The molecular weight excluding hydrogens is 333 g/mol. The van der Waals surface area contributed by atoms with E-state index in [4.69, 9.17) is 0 Å². The minimum absolute atomic E-state index is 0.0977. The van der Waals surface area contributed by atoms with Gasteiger partial charge in [-0.1, -0.05) is 25.1 Å². The summed E-state index contributed by atoms with van der Waals surface area (Å²) in [4.78, 5) is 12.0. The Labute approximate surface area is 146 Å². The molecule has 1 aliphatic heterocycles. The number of carbonyl (C=O) groups excluding carboxylic acids is 1. The third-order valence-corrected chi connectivity index (χ3v) is 4.32. The number of rotatable bonds is 7. The van der Waals surface area contributed by atoms with Gasteiger partial charge in [-0.3, -0.25) is 9.80 Å². The standard InChI is InChI=1S/C18H25F3N2O2/c1-2-9-23-17(25)7-4-10-22(23)11-8-16(24)13-14-5-3-6-15(12-14)18(19,20)21/h3,5-6,12,16,24H,2,4,7-11,13H2,1H3. The fraction of sp³-hybridized carbons (Fsp3) is 0.611. The molecule has 0 spiro atoms. The molecule has 1 unspecified atom stereocenters. The molecule has 1 fully saturated rings. The van der Waals surface area contributed by atoms with Gasteiger partial charge in [-0.25, -0.2) is 5.01 Å². The summed E-state index contributed by atoms with van der Waals surface area (Å²) >= 11 is 0. The molecule has 140 valence electrons. The van der Waals surface area contributed by atoms with E-state index >= 15 is 0 Å². The van der Waals surface area contributed by atoms with Crippen molar-refractivity contribution in [3.63, 3.8) is 0 Å². The predicted molar refractivity (Wildman–Crippen MR) is 88.6 cm³/mol. The van der Waals surface area contributed by atoms with Gasteiger partial charge in [0.05, 0.1) is 11.7 Å². The molecule has 0 radical (unpaired) electrons. The average molecular weight is 358 g/mol. The van der Waals surface area contributed by atoms with E-state index in [1.807, 2.05) is 11.9 Å². The number of benzene rings is 1. The number of hydrogen-bond acceptors (Lipinski definition) is 3. The van der Waals surface area contributed by atoms with Crippen LogP contribution >= 0.6 is 0 Å². The van der Waals surface area contributed by atoms with Gasteiger partial charge in [0, 0.05) is 26.1 Å². The van der Waals surface area contributed by atoms with Crippen molar-refractivity contribution in [2.24, 2.45) is 0 Å². The molecule has 25 heavy (non-hydrogen) atoms. The molecule has 7 heteroatoms. The molecule has 1 aromatic carbocycles. The van der Waals surface area contributed by atoms with Crippen LogP contribution in [0.4, 0.5) is 13.2 Å². The Kier molecular flexibility index (Phi) is 6.84. The summed E-state index contributed by atoms with van der Waals surface area (Å²) in [5.74, 6) is 0.0977. The van der Waals surface area contributed by atoms with Crippen LogP contribution < -0.4 is 0 Å². The lowest BCUT2D eigenvalue weighted by molar-refractivity contribution is -0.156. The molecule has 0 aromatic heterocycles. The number of hydrogen-bond donors (Lipinski definition) is 1. The molecule has 1 aromatic rings. The Hall–Kier alpha value is -1.60. The van der Waals surface area contributed by atoms with E-state index in [-0.39, 0.29) is 12.3 Å². The lowest BCUT2D eigenvalue weighted by atomic mass is 10.0. The van der Waals surface area contributed by atoms with E-state index in [0.717, 1.165) is 31.5 Å². The van der Waals surface area contributed by atoms with Crippen molar-refractivity contribution in [1.29, 1.82) is 0 Å². The molecule has 1 N–H and O–H groups in total. The molecule has 1 saturated heterocycles. The van der Waals surface area contributed by atoms with Crippen molar-refractivity contribution in [2.75, 3.05) is 19.6 Å². The van der Waals surface area contributed by atoms with Gasteiger partial charge >= 0.3 is 6.18 Å². The van der Waals surface area contributed by atoms with Gasteiger partial charge in [0.15, 0.2) is 0 Å². The maximum Gasteiger partial charge on any atom is 0.416 e. The maximum atomic E-state index is 12.7. The second-order valence-electron chi connectivity index (χ2n) is 6.42. The molecule has 2 rings (SSSR count). The Morgan fingerprint density at radius 1 is 1.28 bits per heavy atom. The van der Waals surface area contributed by atoms with Gasteiger partial charge in [-0.2, -0.15) is 13.2 Å². The molecule has 0 aliphatic carbocycles. The van der Waals surface area contributed by atoms with Crippen LogP contribution in [0, 0.1) is 0 Å². The number of alkyl halides is 3. The van der Waals surface area contributed by atoms with Crippen LogP contribution in [0.25, 0.3) is 0 Å². The summed E-state index contributed by atoms with van der Waals surface area (Å²) in [6.07, 6.45) is -2.36. The smallest absolute Gasteiger partial charge is 0.393 e. The Bertz CT molecular complexity index is 578. The molecule has 1 aliphatic rings. The molecule has 1 heterocycles. The van der Waals surface area contributed by atoms with Crippen LogP contribution in [0.1, 0.15) is 43.7 Å². The van der Waals surface area contributed by atoms with E-state index in [9.17, 15) is 23.1 Å². The van der Waals surface area contributed by atoms with Gasteiger partial charge in [-0.15, -0.1) is 0 Å². The third-order valence-electron chi connectivity index (χ3n) is 4.32. The van der Waals surface area contributed by atoms with Crippen molar-refractivity contribution >= 4 is 5.91 Å². The number of aliphatic hydroxyl groups is 1. The molecular formula is C18H25F3N2O2. The maximum absolute atomic E-state index is 12.7. The van der Waals surface area contributed by atoms with Crippen LogP contribution in [-0.4, -0.2) is 46.8 Å². The Morgan fingerprint density at radius 2 is 2.04 bits per heavy atom. The first kappa shape index (κ1) is 19.7. The van der Waals surface area contributed by atoms with Crippen molar-refractivity contribution in [3.8, 4) is 0 Å². The molecule has 0 bridgehead atoms. The summed E-state index contributed by atoms with van der Waals surface area (Å²) in [6.45, 7) is 3.94. The predicted octanol–water partition coefficient (Wildman–Crippen LogP) is 3.25. The lowest BCUT2D eigenvalue weighted by Crippen LogP contribution is -2.51. The van der Waals surface area contributed by atoms with Gasteiger partial charge in [-0.05, 0) is 37.3 Å². The van der Waals surface area contributed by atoms with Gasteiger partial charge in [0.1, 0.15) is 0 Å². The first-order valence-electron chi connectivity index (χ1n) is 8.70. The van der Waals surface area contributed by atoms with Crippen LogP contribution in [0.5, 0.6) is 0 Å². The minimum Gasteiger partial charge on any atom is -0.393 e. The first-order chi connectivity index (χ1) is 11.8. The summed E-state index contributed by atoms with van der Waals surface area (Å²) in [5, 5.41) is 13.9. The van der Waals surface area contributed by atoms with E-state index < -0.39 is 17.8 Å². The highest BCUT2D eigenvalue weighted by molar-refractivity contribution is 5.76. The fourth-order valence-corrected chi connectivity index (χ4v) is 3.08. The number of carbonyl (C=O) groups is 1. The number of nitrogens with zero attached hydrogens (tertiary/aromatic N) is 2. The highest BCUT2D eigenvalue weighted by atomic mass is 19.4. The highest BCUT2D eigenvalue weighted by Gasteiger charge is 2.30. The van der Waals surface area contributed by atoms with Crippen molar-refractivity contribution in [3.05, 3.63) is 35.4 Å². The van der Waals surface area contributed by atoms with Crippen LogP contribution in [0.3, 0.4) is 0 Å². The second kappa shape index (κ2) is 8.67. The number of amides is 1.